The largest absolute Gasteiger partial charge is 0.632 e. The van der Waals surface area contributed by atoms with Crippen molar-refractivity contribution in [2.75, 3.05) is 13.1 Å². The van der Waals surface area contributed by atoms with Gasteiger partial charge in [-0.1, -0.05) is 6.58 Å². The highest BCUT2D eigenvalue weighted by Crippen LogP contribution is 2.37. The Kier molecular flexibility index (Phi) is 1.36. The summed E-state index contributed by atoms with van der Waals surface area (Å²) in [6, 6.07) is -0.199. The van der Waals surface area contributed by atoms with E-state index in [2.05, 4.69) is 6.58 Å². The van der Waals surface area contributed by atoms with Gasteiger partial charge in [-0.05, 0) is 5.57 Å². The lowest BCUT2D eigenvalue weighted by Crippen LogP contribution is -2.44. The molecule has 0 saturated carbocycles. The zero-order valence-electron chi connectivity index (χ0n) is 6.49. The Bertz CT molecular complexity index is 204. The van der Waals surface area contributed by atoms with Crippen LogP contribution in [0.1, 0.15) is 12.8 Å². The molecule has 1 N–H and O–H groups in total. The van der Waals surface area contributed by atoms with Crippen molar-refractivity contribution in [1.82, 2.24) is 0 Å². The van der Waals surface area contributed by atoms with Gasteiger partial charge in [0.2, 0.25) is 0 Å². The summed E-state index contributed by atoms with van der Waals surface area (Å²) in [5.74, 6) is 0. The molecule has 2 fully saturated rings. The number of fused-ring (bicyclic) bond motifs is 1. The maximum atomic E-state index is 11.8. The van der Waals surface area contributed by atoms with Gasteiger partial charge in [-0.15, -0.1) is 0 Å². The van der Waals surface area contributed by atoms with E-state index in [9.17, 15) is 10.3 Å². The van der Waals surface area contributed by atoms with Crippen LogP contribution in [0.4, 0.5) is 0 Å². The number of nitrogens with zero attached hydrogens (tertiary/aromatic N) is 1. The van der Waals surface area contributed by atoms with Crippen LogP contribution >= 0.6 is 0 Å². The molecule has 0 unspecified atom stereocenters. The number of quaternary nitrogens is 1. The van der Waals surface area contributed by atoms with Crippen LogP contribution in [0.5, 0.6) is 0 Å². The molecule has 0 radical (unpaired) electrons. The minimum Gasteiger partial charge on any atom is -0.632 e. The Morgan fingerprint density at radius 1 is 1.55 bits per heavy atom. The monoisotopic (exact) mass is 155 g/mol. The first-order valence-corrected chi connectivity index (χ1v) is 4.07. The van der Waals surface area contributed by atoms with E-state index in [1.54, 1.807) is 0 Å². The Morgan fingerprint density at radius 2 is 2.27 bits per heavy atom. The van der Waals surface area contributed by atoms with Crippen LogP contribution in [0.3, 0.4) is 0 Å². The van der Waals surface area contributed by atoms with Crippen LogP contribution < -0.4 is 0 Å². The van der Waals surface area contributed by atoms with Gasteiger partial charge < -0.3 is 15.0 Å². The molecule has 0 aromatic rings. The standard InChI is InChI=1S/C8H13NO2/c1-6-2-4-9(11)5-3-7(10)8(6)9/h7-8,10H,1-5H2/t7-,8-,9+/m1/s1. The van der Waals surface area contributed by atoms with E-state index in [0.717, 1.165) is 12.0 Å². The Morgan fingerprint density at radius 3 is 2.91 bits per heavy atom. The van der Waals surface area contributed by atoms with Gasteiger partial charge in [-0.3, -0.25) is 0 Å². The number of rotatable bonds is 0. The second-order valence-electron chi connectivity index (χ2n) is 3.61. The summed E-state index contributed by atoms with van der Waals surface area (Å²) in [5, 5.41) is 21.3. The SMILES string of the molecule is C=C1CC[N@+]2([O-])CC[C@@H](O)[C@@H]12. The number of aliphatic hydroxyl groups is 1. The molecule has 2 aliphatic heterocycles. The molecule has 0 aliphatic carbocycles. The first-order chi connectivity index (χ1) is 5.13. The topological polar surface area (TPSA) is 43.3 Å². The summed E-state index contributed by atoms with van der Waals surface area (Å²) in [5.41, 5.74) is 0.949. The van der Waals surface area contributed by atoms with Crippen molar-refractivity contribution in [3.8, 4) is 0 Å². The molecule has 2 aliphatic rings. The van der Waals surface area contributed by atoms with Crippen LogP contribution in [0.15, 0.2) is 12.2 Å². The molecule has 2 heterocycles. The van der Waals surface area contributed by atoms with Crippen molar-refractivity contribution >= 4 is 0 Å². The minimum absolute atomic E-state index is 0.199. The molecule has 0 aromatic carbocycles. The molecule has 3 nitrogen and oxygen atoms in total. The van der Waals surface area contributed by atoms with Gasteiger partial charge in [-0.25, -0.2) is 0 Å². The van der Waals surface area contributed by atoms with E-state index in [1.165, 1.54) is 0 Å². The van der Waals surface area contributed by atoms with Crippen LogP contribution in [0.25, 0.3) is 0 Å². The van der Waals surface area contributed by atoms with Gasteiger partial charge in [0.15, 0.2) is 0 Å². The van der Waals surface area contributed by atoms with Gasteiger partial charge in [-0.2, -0.15) is 0 Å². The van der Waals surface area contributed by atoms with Gasteiger partial charge in [0, 0.05) is 12.8 Å². The van der Waals surface area contributed by atoms with Crippen molar-refractivity contribution in [1.29, 1.82) is 0 Å². The van der Waals surface area contributed by atoms with E-state index >= 15 is 0 Å². The second kappa shape index (κ2) is 2.06. The molecule has 11 heavy (non-hydrogen) atoms. The molecule has 0 bridgehead atoms. The molecule has 0 spiro atoms. The Labute approximate surface area is 66.1 Å². The van der Waals surface area contributed by atoms with E-state index in [0.29, 0.717) is 19.5 Å². The highest BCUT2D eigenvalue weighted by Gasteiger charge is 2.47. The molecule has 0 aromatic heterocycles. The third kappa shape index (κ3) is 0.851. The van der Waals surface area contributed by atoms with Crippen molar-refractivity contribution in [2.24, 2.45) is 0 Å². The van der Waals surface area contributed by atoms with Gasteiger partial charge in [0.1, 0.15) is 12.1 Å². The highest BCUT2D eigenvalue weighted by atomic mass is 16.6. The Hall–Kier alpha value is -0.380. The molecule has 2 rings (SSSR count). The molecule has 0 amide bonds. The van der Waals surface area contributed by atoms with Crippen LogP contribution in [-0.4, -0.2) is 35.0 Å². The van der Waals surface area contributed by atoms with E-state index in [1.807, 2.05) is 0 Å². The van der Waals surface area contributed by atoms with E-state index in [-0.39, 0.29) is 10.7 Å². The fourth-order valence-electron chi connectivity index (χ4n) is 2.30. The van der Waals surface area contributed by atoms with Gasteiger partial charge in [0.25, 0.3) is 0 Å². The quantitative estimate of drug-likeness (QED) is 0.312. The summed E-state index contributed by atoms with van der Waals surface area (Å²) in [7, 11) is 0. The number of hydrogen-bond acceptors (Lipinski definition) is 2. The summed E-state index contributed by atoms with van der Waals surface area (Å²) in [6.45, 7) is 5.02. The lowest BCUT2D eigenvalue weighted by Gasteiger charge is -2.39. The van der Waals surface area contributed by atoms with Crippen molar-refractivity contribution in [3.05, 3.63) is 17.4 Å². The smallest absolute Gasteiger partial charge is 0.137 e. The van der Waals surface area contributed by atoms with Gasteiger partial charge >= 0.3 is 0 Å². The average Bonchev–Trinajstić information content (AvgIpc) is 2.38. The number of aliphatic hydroxyl groups excluding tert-OH is 1. The number of hydroxylamine groups is 3. The van der Waals surface area contributed by atoms with Gasteiger partial charge in [0.05, 0.1) is 13.1 Å². The summed E-state index contributed by atoms with van der Waals surface area (Å²) in [6.07, 6.45) is 1.01. The highest BCUT2D eigenvalue weighted by molar-refractivity contribution is 5.11. The predicted molar refractivity (Wildman–Crippen MR) is 41.5 cm³/mol. The first-order valence-electron chi connectivity index (χ1n) is 4.07. The van der Waals surface area contributed by atoms with E-state index < -0.39 is 6.10 Å². The Balaban J connectivity index is 2.30. The van der Waals surface area contributed by atoms with Crippen LogP contribution in [0.2, 0.25) is 0 Å². The maximum absolute atomic E-state index is 11.8. The van der Waals surface area contributed by atoms with Crippen LogP contribution in [-0.2, 0) is 0 Å². The fourth-order valence-corrected chi connectivity index (χ4v) is 2.30. The molecule has 3 heteroatoms. The molecular formula is C8H13NO2. The molecule has 2 saturated heterocycles. The predicted octanol–water partition coefficient (Wildman–Crippen LogP) is 0.394. The zero-order chi connectivity index (χ0) is 8.06. The summed E-state index contributed by atoms with van der Waals surface area (Å²) < 4.78 is -0.208. The lowest BCUT2D eigenvalue weighted by molar-refractivity contribution is -0.878. The second-order valence-corrected chi connectivity index (χ2v) is 3.61. The van der Waals surface area contributed by atoms with Crippen molar-refractivity contribution in [2.45, 2.75) is 25.0 Å². The number of hydrogen-bond donors (Lipinski definition) is 1. The third-order valence-electron chi connectivity index (χ3n) is 2.90. The maximum Gasteiger partial charge on any atom is 0.137 e. The summed E-state index contributed by atoms with van der Waals surface area (Å²) in [4.78, 5) is 0. The van der Waals surface area contributed by atoms with Crippen LogP contribution in [0, 0.1) is 5.21 Å². The third-order valence-corrected chi connectivity index (χ3v) is 2.90. The average molecular weight is 155 g/mol. The zero-order valence-corrected chi connectivity index (χ0v) is 6.49. The lowest BCUT2D eigenvalue weighted by atomic mass is 10.1. The molecular weight excluding hydrogens is 142 g/mol. The summed E-state index contributed by atoms with van der Waals surface area (Å²) >= 11 is 0. The normalized spacial score (nSPS) is 49.8. The van der Waals surface area contributed by atoms with Crippen molar-refractivity contribution in [3.63, 3.8) is 0 Å². The first kappa shape index (κ1) is 7.28. The van der Waals surface area contributed by atoms with E-state index in [4.69, 9.17) is 0 Å². The molecule has 62 valence electrons. The van der Waals surface area contributed by atoms with Crippen molar-refractivity contribution < 1.29 is 9.75 Å². The minimum atomic E-state index is -0.428. The fraction of sp³-hybridized carbons (Fsp3) is 0.750. The molecule has 3 atom stereocenters.